The Kier molecular flexibility index (Phi) is 8.55. The number of halogens is 1. The van der Waals surface area contributed by atoms with Crippen molar-refractivity contribution in [1.29, 1.82) is 0 Å². The number of carbonyl (C=O) groups excluding carboxylic acids is 2. The highest BCUT2D eigenvalue weighted by atomic mass is 35.5. The molecule has 0 spiro atoms. The van der Waals surface area contributed by atoms with Gasteiger partial charge >= 0.3 is 0 Å². The van der Waals surface area contributed by atoms with Crippen molar-refractivity contribution in [1.82, 2.24) is 35.5 Å². The Bertz CT molecular complexity index is 1220. The lowest BCUT2D eigenvalue weighted by atomic mass is 9.87. The Morgan fingerprint density at radius 3 is 2.87 bits per heavy atom. The van der Waals surface area contributed by atoms with Gasteiger partial charge in [-0.1, -0.05) is 36.9 Å². The molecule has 1 unspecified atom stereocenters. The van der Waals surface area contributed by atoms with E-state index < -0.39 is 5.54 Å². The second-order valence-electron chi connectivity index (χ2n) is 9.84. The number of piperazine rings is 1. The molecule has 2 aliphatic rings. The molecule has 12 heteroatoms. The van der Waals surface area contributed by atoms with E-state index in [0.717, 1.165) is 32.1 Å². The van der Waals surface area contributed by atoms with Gasteiger partial charge in [0.1, 0.15) is 22.8 Å². The van der Waals surface area contributed by atoms with Crippen molar-refractivity contribution in [2.24, 2.45) is 0 Å². The Morgan fingerprint density at radius 2 is 2.11 bits per heavy atom. The second kappa shape index (κ2) is 12.2. The van der Waals surface area contributed by atoms with Gasteiger partial charge in [0.05, 0.1) is 6.42 Å². The number of imidazole rings is 1. The molecule has 0 bridgehead atoms. The highest BCUT2D eigenvalue weighted by molar-refractivity contribution is 7.09. The van der Waals surface area contributed by atoms with E-state index in [9.17, 15) is 9.59 Å². The topological polar surface area (TPSA) is 117 Å². The monoisotopic (exact) mass is 556 g/mol. The second-order valence-corrected chi connectivity index (χ2v) is 11.3. The van der Waals surface area contributed by atoms with E-state index in [1.54, 1.807) is 40.7 Å². The molecular weight excluding hydrogens is 524 g/mol. The number of aromatic nitrogens is 4. The minimum atomic E-state index is -1.17. The van der Waals surface area contributed by atoms with E-state index in [1.807, 2.05) is 16.3 Å². The SMILES string of the molecule is O=C(CC1(C(=O)NC2CCCCC2)CNCCN1c1cc(Cl)nc(-n2ccnc2)n1)NCCc1cccs1. The van der Waals surface area contributed by atoms with Gasteiger partial charge in [-0.15, -0.1) is 11.3 Å². The van der Waals surface area contributed by atoms with Gasteiger partial charge in [0, 0.05) is 55.6 Å². The van der Waals surface area contributed by atoms with E-state index in [1.165, 1.54) is 11.3 Å². The van der Waals surface area contributed by atoms with Gasteiger partial charge in [0.2, 0.25) is 17.8 Å². The van der Waals surface area contributed by atoms with E-state index in [0.29, 0.717) is 37.9 Å². The Labute approximate surface area is 231 Å². The van der Waals surface area contributed by atoms with Gasteiger partial charge in [0.25, 0.3) is 0 Å². The lowest BCUT2D eigenvalue weighted by Gasteiger charge is -2.47. The van der Waals surface area contributed by atoms with Gasteiger partial charge in [-0.2, -0.15) is 4.98 Å². The maximum absolute atomic E-state index is 14.1. The number of nitrogens with zero attached hydrogens (tertiary/aromatic N) is 5. The summed E-state index contributed by atoms with van der Waals surface area (Å²) in [7, 11) is 0. The molecule has 3 aromatic heterocycles. The summed E-state index contributed by atoms with van der Waals surface area (Å²) in [6.45, 7) is 1.95. The maximum Gasteiger partial charge on any atom is 0.248 e. The van der Waals surface area contributed by atoms with Crippen molar-refractivity contribution in [2.45, 2.75) is 56.5 Å². The van der Waals surface area contributed by atoms with Crippen LogP contribution in [0.4, 0.5) is 5.82 Å². The number of carbonyl (C=O) groups is 2. The molecule has 2 amide bonds. The summed E-state index contributed by atoms with van der Waals surface area (Å²) in [5, 5.41) is 11.9. The predicted molar refractivity (Wildman–Crippen MR) is 148 cm³/mol. The van der Waals surface area contributed by atoms with Crippen LogP contribution in [0.3, 0.4) is 0 Å². The van der Waals surface area contributed by atoms with Crippen LogP contribution in [0.5, 0.6) is 0 Å². The first-order valence-corrected chi connectivity index (χ1v) is 14.4. The van der Waals surface area contributed by atoms with Gasteiger partial charge < -0.3 is 20.9 Å². The number of anilines is 1. The third kappa shape index (κ3) is 6.16. The molecule has 0 aromatic carbocycles. The van der Waals surface area contributed by atoms with Crippen LogP contribution in [0.25, 0.3) is 5.95 Å². The highest BCUT2D eigenvalue weighted by Gasteiger charge is 2.48. The zero-order valence-electron chi connectivity index (χ0n) is 21.2. The summed E-state index contributed by atoms with van der Waals surface area (Å²) < 4.78 is 1.67. The Hall–Kier alpha value is -3.02. The molecule has 1 saturated heterocycles. The summed E-state index contributed by atoms with van der Waals surface area (Å²) in [5.41, 5.74) is -1.17. The first-order chi connectivity index (χ1) is 18.5. The average molecular weight is 557 g/mol. The van der Waals surface area contributed by atoms with Crippen molar-refractivity contribution < 1.29 is 9.59 Å². The molecule has 3 N–H and O–H groups in total. The Morgan fingerprint density at radius 1 is 1.24 bits per heavy atom. The van der Waals surface area contributed by atoms with Crippen LogP contribution in [0, 0.1) is 0 Å². The summed E-state index contributed by atoms with van der Waals surface area (Å²) in [6.07, 6.45) is 11.0. The first-order valence-electron chi connectivity index (χ1n) is 13.1. The summed E-state index contributed by atoms with van der Waals surface area (Å²) in [5.74, 6) is 0.513. The molecule has 202 valence electrons. The van der Waals surface area contributed by atoms with Crippen molar-refractivity contribution in [2.75, 3.05) is 31.1 Å². The molecule has 2 fully saturated rings. The Balaban J connectivity index is 1.43. The van der Waals surface area contributed by atoms with E-state index in [2.05, 4.69) is 32.0 Å². The minimum Gasteiger partial charge on any atom is -0.356 e. The van der Waals surface area contributed by atoms with Gasteiger partial charge in [-0.25, -0.2) is 9.97 Å². The first kappa shape index (κ1) is 26.6. The smallest absolute Gasteiger partial charge is 0.248 e. The van der Waals surface area contributed by atoms with Crippen molar-refractivity contribution in [3.8, 4) is 5.95 Å². The number of hydrogen-bond donors (Lipinski definition) is 3. The molecule has 38 heavy (non-hydrogen) atoms. The van der Waals surface area contributed by atoms with Crippen LogP contribution < -0.4 is 20.9 Å². The van der Waals surface area contributed by atoms with Crippen molar-refractivity contribution in [3.05, 3.63) is 52.3 Å². The normalized spacial score (nSPS) is 20.3. The minimum absolute atomic E-state index is 0.00890. The lowest BCUT2D eigenvalue weighted by Crippen LogP contribution is -2.70. The lowest BCUT2D eigenvalue weighted by molar-refractivity contribution is -0.132. The molecule has 5 rings (SSSR count). The molecule has 3 aromatic rings. The van der Waals surface area contributed by atoms with E-state index in [-0.39, 0.29) is 29.4 Å². The number of amides is 2. The van der Waals surface area contributed by atoms with Gasteiger partial charge in [-0.3, -0.25) is 14.2 Å². The fraction of sp³-hybridized carbons (Fsp3) is 0.500. The molecule has 1 atom stereocenters. The number of nitrogens with one attached hydrogen (secondary N) is 3. The van der Waals surface area contributed by atoms with E-state index >= 15 is 0 Å². The number of thiophene rings is 1. The van der Waals surface area contributed by atoms with Gasteiger partial charge in [0.15, 0.2) is 0 Å². The molecule has 1 saturated carbocycles. The average Bonchev–Trinajstić information content (AvgIpc) is 3.64. The van der Waals surface area contributed by atoms with Gasteiger partial charge in [-0.05, 0) is 30.7 Å². The molecule has 10 nitrogen and oxygen atoms in total. The van der Waals surface area contributed by atoms with Crippen LogP contribution in [0.1, 0.15) is 43.4 Å². The number of hydrogen-bond acceptors (Lipinski definition) is 8. The van der Waals surface area contributed by atoms with Crippen LogP contribution >= 0.6 is 22.9 Å². The van der Waals surface area contributed by atoms with Crippen LogP contribution in [-0.2, 0) is 16.0 Å². The van der Waals surface area contributed by atoms with Crippen LogP contribution in [0.15, 0.2) is 42.3 Å². The highest BCUT2D eigenvalue weighted by Crippen LogP contribution is 2.31. The van der Waals surface area contributed by atoms with Crippen molar-refractivity contribution in [3.63, 3.8) is 0 Å². The summed E-state index contributed by atoms with van der Waals surface area (Å²) in [6, 6.07) is 5.82. The number of rotatable bonds is 9. The molecule has 0 radical (unpaired) electrons. The predicted octanol–water partition coefficient (Wildman–Crippen LogP) is 2.72. The van der Waals surface area contributed by atoms with Crippen LogP contribution in [0.2, 0.25) is 5.15 Å². The standard InChI is InChI=1S/C26H33ClN8O2S/c27-21-15-22(33-25(32-21)34-12-10-29-18-34)35-13-11-28-17-26(35,24(37)31-19-5-2-1-3-6-19)16-23(36)30-9-8-20-7-4-14-38-20/h4,7,10,12,14-15,18-19,28H,1-3,5-6,8-9,11,13,16-17H2,(H,30,36)(H,31,37). The third-order valence-corrected chi connectivity index (χ3v) is 8.35. The van der Waals surface area contributed by atoms with E-state index in [4.69, 9.17) is 16.6 Å². The quantitative estimate of drug-likeness (QED) is 0.347. The zero-order valence-corrected chi connectivity index (χ0v) is 22.8. The van der Waals surface area contributed by atoms with Crippen LogP contribution in [-0.4, -0.2) is 69.1 Å². The maximum atomic E-state index is 14.1. The fourth-order valence-electron chi connectivity index (χ4n) is 5.27. The zero-order chi connectivity index (χ0) is 26.4. The molecular formula is C26H33ClN8O2S. The van der Waals surface area contributed by atoms with Crippen molar-refractivity contribution >= 4 is 40.6 Å². The fourth-order valence-corrected chi connectivity index (χ4v) is 6.15. The summed E-state index contributed by atoms with van der Waals surface area (Å²) >= 11 is 8.10. The third-order valence-electron chi connectivity index (χ3n) is 7.22. The molecule has 1 aliphatic carbocycles. The molecule has 4 heterocycles. The molecule has 1 aliphatic heterocycles. The summed E-state index contributed by atoms with van der Waals surface area (Å²) in [4.78, 5) is 43.7. The largest absolute Gasteiger partial charge is 0.356 e.